The highest BCUT2D eigenvalue weighted by atomic mass is 35.5. The largest absolute Gasteiger partial charge is 0.492 e. The standard InChI is InChI=1S/C26H32ClN3O6S/c1-2-34-23-8-6-21(15-22(23)27)37(32,33)30-9-3-4-20(17-30)26(31)29-12-10-28(11-13-29)16-19-5-7-24-25(14-19)36-18-35-24/h5-8,14-15,20H,2-4,9-13,16-18H2,1H3/t20-/m0/s1. The molecule has 5 rings (SSSR count). The maximum absolute atomic E-state index is 13.3. The van der Waals surface area contributed by atoms with Crippen LogP contribution in [-0.2, 0) is 21.4 Å². The van der Waals surface area contributed by atoms with E-state index in [4.69, 9.17) is 25.8 Å². The lowest BCUT2D eigenvalue weighted by molar-refractivity contribution is -0.138. The monoisotopic (exact) mass is 549 g/mol. The second-order valence-electron chi connectivity index (χ2n) is 9.52. The first-order chi connectivity index (χ1) is 17.8. The Morgan fingerprint density at radius 1 is 1.05 bits per heavy atom. The Labute approximate surface area is 222 Å². The number of halogens is 1. The summed E-state index contributed by atoms with van der Waals surface area (Å²) in [5.41, 5.74) is 1.14. The fourth-order valence-corrected chi connectivity index (χ4v) is 6.96. The number of sulfonamides is 1. The van der Waals surface area contributed by atoms with E-state index < -0.39 is 10.0 Å². The second kappa shape index (κ2) is 11.1. The van der Waals surface area contributed by atoms with Crippen molar-refractivity contribution in [3.8, 4) is 17.2 Å². The number of piperidine rings is 1. The SMILES string of the molecule is CCOc1ccc(S(=O)(=O)N2CCC[C@H](C(=O)N3CCN(Cc4ccc5c(c4)OCO5)CC3)C2)cc1Cl. The van der Waals surface area contributed by atoms with Crippen LogP contribution in [0.2, 0.25) is 5.02 Å². The van der Waals surface area contributed by atoms with E-state index >= 15 is 0 Å². The summed E-state index contributed by atoms with van der Waals surface area (Å²) in [5, 5.41) is 0.256. The van der Waals surface area contributed by atoms with Gasteiger partial charge in [0.2, 0.25) is 22.7 Å². The molecule has 0 spiro atoms. The van der Waals surface area contributed by atoms with E-state index in [1.807, 2.05) is 30.0 Å². The van der Waals surface area contributed by atoms with Crippen LogP contribution in [0, 0.1) is 5.92 Å². The second-order valence-corrected chi connectivity index (χ2v) is 11.9. The van der Waals surface area contributed by atoms with Gasteiger partial charge in [-0.05, 0) is 55.7 Å². The summed E-state index contributed by atoms with van der Waals surface area (Å²) in [6.07, 6.45) is 1.33. The molecule has 1 amide bonds. The van der Waals surface area contributed by atoms with Gasteiger partial charge in [-0.15, -0.1) is 0 Å². The van der Waals surface area contributed by atoms with Crippen molar-refractivity contribution in [2.45, 2.75) is 31.2 Å². The third kappa shape index (κ3) is 5.67. The van der Waals surface area contributed by atoms with E-state index in [1.165, 1.54) is 16.4 Å². The molecule has 0 aliphatic carbocycles. The fourth-order valence-electron chi connectivity index (χ4n) is 5.11. The number of benzene rings is 2. The topological polar surface area (TPSA) is 88.6 Å². The Bertz CT molecular complexity index is 1250. The van der Waals surface area contributed by atoms with Crippen LogP contribution in [0.15, 0.2) is 41.3 Å². The summed E-state index contributed by atoms with van der Waals surface area (Å²) in [6.45, 7) is 6.66. The molecule has 2 aromatic rings. The van der Waals surface area contributed by atoms with Crippen LogP contribution in [-0.4, -0.2) is 81.1 Å². The van der Waals surface area contributed by atoms with E-state index in [1.54, 1.807) is 6.07 Å². The van der Waals surface area contributed by atoms with Crippen molar-refractivity contribution in [1.29, 1.82) is 0 Å². The van der Waals surface area contributed by atoms with Gasteiger partial charge in [0.15, 0.2) is 11.5 Å². The summed E-state index contributed by atoms with van der Waals surface area (Å²) in [5.74, 6) is 1.69. The molecule has 11 heteroatoms. The lowest BCUT2D eigenvalue weighted by Crippen LogP contribution is -2.52. The Hall–Kier alpha value is -2.53. The van der Waals surface area contributed by atoms with E-state index in [-0.39, 0.29) is 35.1 Å². The van der Waals surface area contributed by atoms with Crippen molar-refractivity contribution in [3.63, 3.8) is 0 Å². The minimum atomic E-state index is -3.77. The molecular weight excluding hydrogens is 518 g/mol. The average molecular weight is 550 g/mol. The number of nitrogens with zero attached hydrogens (tertiary/aromatic N) is 3. The number of amides is 1. The van der Waals surface area contributed by atoms with Crippen LogP contribution in [0.5, 0.6) is 17.2 Å². The van der Waals surface area contributed by atoms with Gasteiger partial charge in [0.1, 0.15) is 5.75 Å². The number of piperazine rings is 1. The summed E-state index contributed by atoms with van der Waals surface area (Å²) >= 11 is 6.24. The molecule has 1 atom stereocenters. The number of rotatable bonds is 7. The normalized spacial score (nSPS) is 20.7. The molecule has 0 unspecified atom stereocenters. The van der Waals surface area contributed by atoms with Gasteiger partial charge in [-0.2, -0.15) is 4.31 Å². The molecule has 3 aliphatic rings. The lowest BCUT2D eigenvalue weighted by atomic mass is 9.97. The third-order valence-corrected chi connectivity index (χ3v) is 9.26. The van der Waals surface area contributed by atoms with Crippen LogP contribution in [0.3, 0.4) is 0 Å². The summed E-state index contributed by atoms with van der Waals surface area (Å²) in [7, 11) is -3.77. The van der Waals surface area contributed by atoms with Gasteiger partial charge in [0.25, 0.3) is 0 Å². The molecular formula is C26H32ClN3O6S. The molecule has 0 N–H and O–H groups in total. The zero-order valence-electron chi connectivity index (χ0n) is 20.9. The number of carbonyl (C=O) groups excluding carboxylic acids is 1. The van der Waals surface area contributed by atoms with Crippen molar-refractivity contribution in [2.75, 3.05) is 52.7 Å². The van der Waals surface area contributed by atoms with Crippen LogP contribution < -0.4 is 14.2 Å². The summed E-state index contributed by atoms with van der Waals surface area (Å²) < 4.78 is 44.3. The van der Waals surface area contributed by atoms with Gasteiger partial charge in [0.05, 0.1) is 22.4 Å². The van der Waals surface area contributed by atoms with E-state index in [0.717, 1.165) is 36.7 Å². The number of fused-ring (bicyclic) bond motifs is 1. The van der Waals surface area contributed by atoms with Crippen LogP contribution in [0.4, 0.5) is 0 Å². The van der Waals surface area contributed by atoms with Gasteiger partial charge >= 0.3 is 0 Å². The zero-order chi connectivity index (χ0) is 26.0. The van der Waals surface area contributed by atoms with Gasteiger partial charge in [-0.25, -0.2) is 8.42 Å². The molecule has 200 valence electrons. The number of hydrogen-bond acceptors (Lipinski definition) is 7. The van der Waals surface area contributed by atoms with Crippen molar-refractivity contribution < 1.29 is 27.4 Å². The van der Waals surface area contributed by atoms with Gasteiger partial charge in [0, 0.05) is 45.8 Å². The highest BCUT2D eigenvalue weighted by Gasteiger charge is 2.36. The highest BCUT2D eigenvalue weighted by molar-refractivity contribution is 7.89. The molecule has 0 radical (unpaired) electrons. The lowest BCUT2D eigenvalue weighted by Gasteiger charge is -2.38. The molecule has 2 fully saturated rings. The number of carbonyl (C=O) groups is 1. The van der Waals surface area contributed by atoms with Crippen molar-refractivity contribution >= 4 is 27.5 Å². The van der Waals surface area contributed by atoms with Gasteiger partial charge < -0.3 is 19.1 Å². The quantitative estimate of drug-likeness (QED) is 0.524. The maximum Gasteiger partial charge on any atom is 0.243 e. The molecule has 3 heterocycles. The number of ether oxygens (including phenoxy) is 3. The van der Waals surface area contributed by atoms with Crippen LogP contribution >= 0.6 is 11.6 Å². The van der Waals surface area contributed by atoms with Crippen LogP contribution in [0.1, 0.15) is 25.3 Å². The Balaban J connectivity index is 1.17. The molecule has 9 nitrogen and oxygen atoms in total. The van der Waals surface area contributed by atoms with Crippen LogP contribution in [0.25, 0.3) is 0 Å². The maximum atomic E-state index is 13.3. The first-order valence-electron chi connectivity index (χ1n) is 12.7. The molecule has 2 aromatic carbocycles. The van der Waals surface area contributed by atoms with Crippen molar-refractivity contribution in [2.24, 2.45) is 5.92 Å². The zero-order valence-corrected chi connectivity index (χ0v) is 22.5. The average Bonchev–Trinajstić information content (AvgIpc) is 3.38. The fraction of sp³-hybridized carbons (Fsp3) is 0.500. The Kier molecular flexibility index (Phi) is 7.80. The third-order valence-electron chi connectivity index (χ3n) is 7.10. The Morgan fingerprint density at radius 3 is 2.59 bits per heavy atom. The van der Waals surface area contributed by atoms with Crippen molar-refractivity contribution in [3.05, 3.63) is 47.0 Å². The number of hydrogen-bond donors (Lipinski definition) is 0. The van der Waals surface area contributed by atoms with Crippen molar-refractivity contribution in [1.82, 2.24) is 14.1 Å². The summed E-state index contributed by atoms with van der Waals surface area (Å²) in [6, 6.07) is 10.5. The van der Waals surface area contributed by atoms with Gasteiger partial charge in [-0.3, -0.25) is 9.69 Å². The molecule has 0 aromatic heterocycles. The predicted octanol–water partition coefficient (Wildman–Crippen LogP) is 3.21. The Morgan fingerprint density at radius 2 is 1.84 bits per heavy atom. The van der Waals surface area contributed by atoms with E-state index in [2.05, 4.69) is 4.90 Å². The first kappa shape index (κ1) is 26.1. The summed E-state index contributed by atoms with van der Waals surface area (Å²) in [4.78, 5) is 17.7. The minimum absolute atomic E-state index is 0.0346. The smallest absolute Gasteiger partial charge is 0.243 e. The highest BCUT2D eigenvalue weighted by Crippen LogP contribution is 2.33. The van der Waals surface area contributed by atoms with Gasteiger partial charge in [-0.1, -0.05) is 17.7 Å². The molecule has 0 bridgehead atoms. The van der Waals surface area contributed by atoms with E-state index in [9.17, 15) is 13.2 Å². The minimum Gasteiger partial charge on any atom is -0.492 e. The molecule has 0 saturated carbocycles. The molecule has 3 aliphatic heterocycles. The predicted molar refractivity (Wildman–Crippen MR) is 139 cm³/mol. The molecule has 2 saturated heterocycles. The van der Waals surface area contributed by atoms with E-state index in [0.29, 0.717) is 44.8 Å². The molecule has 37 heavy (non-hydrogen) atoms. The first-order valence-corrected chi connectivity index (χ1v) is 14.5.